The lowest BCUT2D eigenvalue weighted by atomic mass is 10.0. The van der Waals surface area contributed by atoms with Crippen molar-refractivity contribution in [3.8, 4) is 5.88 Å². The fraction of sp³-hybridized carbons (Fsp3) is 0.692. The zero-order chi connectivity index (χ0) is 19.2. The van der Waals surface area contributed by atoms with Crippen LogP contribution in [0.25, 0.3) is 0 Å². The summed E-state index contributed by atoms with van der Waals surface area (Å²) in [5.74, 6) is -0.939. The van der Waals surface area contributed by atoms with Crippen molar-refractivity contribution < 1.29 is 35.7 Å². The first kappa shape index (κ1) is 19.3. The Balaban J connectivity index is 2.53. The third-order valence-corrected chi connectivity index (χ3v) is 4.76. The highest BCUT2D eigenvalue weighted by Gasteiger charge is 2.50. The van der Waals surface area contributed by atoms with E-state index in [1.807, 2.05) is 0 Å². The maximum absolute atomic E-state index is 12.7. The molecular weight excluding hydrogens is 367 g/mol. The Kier molecular flexibility index (Phi) is 4.94. The summed E-state index contributed by atoms with van der Waals surface area (Å²) in [4.78, 5) is 12.3. The van der Waals surface area contributed by atoms with Crippen LogP contribution in [0.1, 0.15) is 44.0 Å². The molecule has 1 aromatic heterocycles. The summed E-state index contributed by atoms with van der Waals surface area (Å²) in [6.07, 6.45) is -1.17. The standard InChI is InChI=1S/C13H18F3N3O5S/c1-7(2)19-11(24-25(22,23)13(14,15)16)9-4-5-18(12(20)21)6-8(3)10(9)17-19/h7-8H,4-6H2,1-3H3,(H,20,21). The smallest absolute Gasteiger partial charge is 0.465 e. The van der Waals surface area contributed by atoms with Crippen LogP contribution in [0.4, 0.5) is 18.0 Å². The second kappa shape index (κ2) is 6.39. The summed E-state index contributed by atoms with van der Waals surface area (Å²) in [7, 11) is -5.86. The molecule has 2 heterocycles. The average Bonchev–Trinajstić information content (AvgIpc) is 2.70. The number of aromatic nitrogens is 2. The summed E-state index contributed by atoms with van der Waals surface area (Å²) in [6.45, 7) is 5.00. The van der Waals surface area contributed by atoms with Crippen molar-refractivity contribution >= 4 is 16.2 Å². The highest BCUT2D eigenvalue weighted by Crippen LogP contribution is 2.36. The number of amides is 1. The maximum atomic E-state index is 12.7. The van der Waals surface area contributed by atoms with Gasteiger partial charge in [0.2, 0.25) is 5.88 Å². The minimum atomic E-state index is -5.86. The lowest BCUT2D eigenvalue weighted by molar-refractivity contribution is -0.0503. The van der Waals surface area contributed by atoms with Crippen molar-refractivity contribution in [1.82, 2.24) is 14.7 Å². The Morgan fingerprint density at radius 1 is 1.40 bits per heavy atom. The van der Waals surface area contributed by atoms with Gasteiger partial charge in [-0.25, -0.2) is 9.48 Å². The number of hydrogen-bond donors (Lipinski definition) is 1. The molecule has 142 valence electrons. The van der Waals surface area contributed by atoms with Gasteiger partial charge < -0.3 is 14.2 Å². The molecule has 1 aliphatic heterocycles. The predicted molar refractivity (Wildman–Crippen MR) is 79.9 cm³/mol. The molecule has 0 bridgehead atoms. The summed E-state index contributed by atoms with van der Waals surface area (Å²) < 4.78 is 66.4. The largest absolute Gasteiger partial charge is 0.534 e. The van der Waals surface area contributed by atoms with Gasteiger partial charge in [-0.1, -0.05) is 6.92 Å². The third kappa shape index (κ3) is 3.67. The predicted octanol–water partition coefficient (Wildman–Crippen LogP) is 2.33. The second-order valence-electron chi connectivity index (χ2n) is 6.07. The van der Waals surface area contributed by atoms with E-state index in [-0.39, 0.29) is 25.1 Å². The first-order chi connectivity index (χ1) is 11.3. The average molecular weight is 385 g/mol. The molecule has 25 heavy (non-hydrogen) atoms. The lowest BCUT2D eigenvalue weighted by Crippen LogP contribution is -2.33. The third-order valence-electron chi connectivity index (χ3n) is 3.82. The monoisotopic (exact) mass is 385 g/mol. The van der Waals surface area contributed by atoms with Crippen LogP contribution >= 0.6 is 0 Å². The topological polar surface area (TPSA) is 102 Å². The molecular formula is C13H18F3N3O5S. The van der Waals surface area contributed by atoms with Crippen LogP contribution in [-0.2, 0) is 16.5 Å². The summed E-state index contributed by atoms with van der Waals surface area (Å²) in [5.41, 5.74) is -5.06. The lowest BCUT2D eigenvalue weighted by Gasteiger charge is -2.19. The molecule has 1 atom stereocenters. The summed E-state index contributed by atoms with van der Waals surface area (Å²) in [5, 5.41) is 13.3. The molecule has 1 unspecified atom stereocenters. The maximum Gasteiger partial charge on any atom is 0.534 e. The number of carbonyl (C=O) groups is 1. The van der Waals surface area contributed by atoms with Gasteiger partial charge in [-0.2, -0.15) is 26.7 Å². The first-order valence-corrected chi connectivity index (χ1v) is 8.86. The molecule has 1 amide bonds. The number of rotatable bonds is 3. The van der Waals surface area contributed by atoms with Crippen molar-refractivity contribution in [1.29, 1.82) is 0 Å². The normalized spacial score (nSPS) is 18.8. The molecule has 1 aliphatic rings. The Hall–Kier alpha value is -1.98. The Labute approximate surface area is 142 Å². The van der Waals surface area contributed by atoms with Gasteiger partial charge in [0.15, 0.2) is 0 Å². The van der Waals surface area contributed by atoms with Crippen molar-refractivity contribution in [2.24, 2.45) is 0 Å². The van der Waals surface area contributed by atoms with Gasteiger partial charge in [0.05, 0.1) is 11.7 Å². The number of alkyl halides is 3. The van der Waals surface area contributed by atoms with E-state index in [1.54, 1.807) is 20.8 Å². The number of hydrogen-bond acceptors (Lipinski definition) is 5. The van der Waals surface area contributed by atoms with Crippen molar-refractivity contribution in [3.05, 3.63) is 11.3 Å². The van der Waals surface area contributed by atoms with Gasteiger partial charge in [0.25, 0.3) is 0 Å². The van der Waals surface area contributed by atoms with Crippen molar-refractivity contribution in [2.45, 2.75) is 44.7 Å². The SMILES string of the molecule is CC1CN(C(=O)O)CCc2c1nn(C(C)C)c2OS(=O)(=O)C(F)(F)F. The van der Waals surface area contributed by atoms with Crippen LogP contribution in [0.15, 0.2) is 0 Å². The van der Waals surface area contributed by atoms with E-state index < -0.39 is 39.6 Å². The number of nitrogens with zero attached hydrogens (tertiary/aromatic N) is 3. The number of carboxylic acid groups (broad SMARTS) is 1. The molecule has 8 nitrogen and oxygen atoms in total. The highest BCUT2D eigenvalue weighted by atomic mass is 32.2. The molecule has 0 radical (unpaired) electrons. The van der Waals surface area contributed by atoms with Crippen LogP contribution in [0.2, 0.25) is 0 Å². The van der Waals surface area contributed by atoms with E-state index in [2.05, 4.69) is 9.28 Å². The van der Waals surface area contributed by atoms with Crippen LogP contribution < -0.4 is 4.18 Å². The van der Waals surface area contributed by atoms with Crippen molar-refractivity contribution in [2.75, 3.05) is 13.1 Å². The first-order valence-electron chi connectivity index (χ1n) is 7.45. The van der Waals surface area contributed by atoms with Crippen molar-refractivity contribution in [3.63, 3.8) is 0 Å². The van der Waals surface area contributed by atoms with Crippen LogP contribution in [0.3, 0.4) is 0 Å². The molecule has 1 N–H and O–H groups in total. The van der Waals surface area contributed by atoms with E-state index >= 15 is 0 Å². The number of halogens is 3. The zero-order valence-corrected chi connectivity index (χ0v) is 14.6. The van der Waals surface area contributed by atoms with Crippen LogP contribution in [-0.4, -0.2) is 52.9 Å². The number of fused-ring (bicyclic) bond motifs is 1. The summed E-state index contributed by atoms with van der Waals surface area (Å²) >= 11 is 0. The Morgan fingerprint density at radius 3 is 2.48 bits per heavy atom. The highest BCUT2D eigenvalue weighted by molar-refractivity contribution is 7.87. The van der Waals surface area contributed by atoms with E-state index in [4.69, 9.17) is 5.11 Å². The molecule has 0 saturated carbocycles. The van der Waals surface area contributed by atoms with Gasteiger partial charge in [0, 0.05) is 24.6 Å². The molecule has 0 saturated heterocycles. The van der Waals surface area contributed by atoms with Gasteiger partial charge in [-0.3, -0.25) is 0 Å². The van der Waals surface area contributed by atoms with E-state index in [1.165, 1.54) is 0 Å². The van der Waals surface area contributed by atoms with Gasteiger partial charge >= 0.3 is 21.7 Å². The van der Waals surface area contributed by atoms with Crippen LogP contribution in [0, 0.1) is 0 Å². The van der Waals surface area contributed by atoms with Gasteiger partial charge in [0.1, 0.15) is 0 Å². The molecule has 1 aromatic rings. The summed E-state index contributed by atoms with van der Waals surface area (Å²) in [6, 6.07) is -0.451. The van der Waals surface area contributed by atoms with E-state index in [0.29, 0.717) is 5.69 Å². The van der Waals surface area contributed by atoms with E-state index in [0.717, 1.165) is 9.58 Å². The van der Waals surface area contributed by atoms with E-state index in [9.17, 15) is 26.4 Å². The Morgan fingerprint density at radius 2 is 2.00 bits per heavy atom. The molecule has 0 fully saturated rings. The van der Waals surface area contributed by atoms with Crippen LogP contribution in [0.5, 0.6) is 5.88 Å². The van der Waals surface area contributed by atoms with Gasteiger partial charge in [-0.15, -0.1) is 0 Å². The fourth-order valence-electron chi connectivity index (χ4n) is 2.62. The minimum absolute atomic E-state index is 0.00110. The zero-order valence-electron chi connectivity index (χ0n) is 13.7. The molecule has 0 aliphatic carbocycles. The second-order valence-corrected chi connectivity index (χ2v) is 7.61. The molecule has 12 heteroatoms. The minimum Gasteiger partial charge on any atom is -0.465 e. The van der Waals surface area contributed by atoms with Gasteiger partial charge in [-0.05, 0) is 20.3 Å². The quantitative estimate of drug-likeness (QED) is 0.633. The molecule has 2 rings (SSSR count). The molecule has 0 aromatic carbocycles. The fourth-order valence-corrected chi connectivity index (χ4v) is 3.10. The molecule has 0 spiro atoms. The Bertz CT molecular complexity index is 773.